The molecule has 0 radical (unpaired) electrons. The molecule has 3 aromatic heterocycles. The summed E-state index contributed by atoms with van der Waals surface area (Å²) in [7, 11) is 1.29. The van der Waals surface area contributed by atoms with Crippen LogP contribution in [0.5, 0.6) is 5.75 Å². The lowest BCUT2D eigenvalue weighted by atomic mass is 10.2. The van der Waals surface area contributed by atoms with E-state index in [4.69, 9.17) is 20.1 Å². The van der Waals surface area contributed by atoms with Gasteiger partial charge in [0.05, 0.1) is 24.6 Å². The standard InChI is InChI=1S/C21H23F2N7O6/c1-20(22,23)9-30-15-11(7-26-30)6-25-17(16(15)36-2)27-13-5-14(28-18(31)10-3-4-10)24-8-12(13)19(32)29-21(33,34)35/h5-8,10,33-35H,3-4,9H2,1-2H3,(H,29,32)(H2,24,25,27,28,31). The molecule has 0 atom stereocenters. The SMILES string of the molecule is COc1c(Nc2cc(NC(=O)C3CC3)ncc2C(=O)NC(O)(O)O)ncc2cnn(CC(C)(F)F)c12. The lowest BCUT2D eigenvalue weighted by Crippen LogP contribution is -2.48. The third-order valence-electron chi connectivity index (χ3n) is 5.14. The number of fused-ring (bicyclic) bond motifs is 1. The van der Waals surface area contributed by atoms with Gasteiger partial charge in [-0.2, -0.15) is 5.10 Å². The highest BCUT2D eigenvalue weighted by Gasteiger charge is 2.31. The highest BCUT2D eigenvalue weighted by Crippen LogP contribution is 2.36. The van der Waals surface area contributed by atoms with Crippen molar-refractivity contribution in [2.75, 3.05) is 17.7 Å². The van der Waals surface area contributed by atoms with Gasteiger partial charge in [-0.1, -0.05) is 0 Å². The van der Waals surface area contributed by atoms with E-state index in [2.05, 4.69) is 25.7 Å². The fourth-order valence-electron chi connectivity index (χ4n) is 3.44. The molecule has 0 bridgehead atoms. The molecular formula is C21H23F2N7O6. The molecule has 3 heterocycles. The zero-order valence-electron chi connectivity index (χ0n) is 19.1. The van der Waals surface area contributed by atoms with E-state index in [1.165, 1.54) is 25.6 Å². The van der Waals surface area contributed by atoms with E-state index in [-0.39, 0.29) is 46.0 Å². The van der Waals surface area contributed by atoms with E-state index in [0.29, 0.717) is 5.39 Å². The molecule has 6 N–H and O–H groups in total. The minimum atomic E-state index is -3.51. The number of alkyl halides is 2. The molecule has 15 heteroatoms. The number of nitrogens with zero attached hydrogens (tertiary/aromatic N) is 4. The van der Waals surface area contributed by atoms with Crippen molar-refractivity contribution in [2.24, 2.45) is 5.92 Å². The average Bonchev–Trinajstić information content (AvgIpc) is 3.54. The summed E-state index contributed by atoms with van der Waals surface area (Å²) in [5.41, 5.74) is -0.104. The van der Waals surface area contributed by atoms with Gasteiger partial charge in [0, 0.05) is 36.7 Å². The minimum Gasteiger partial charge on any atom is -0.491 e. The van der Waals surface area contributed by atoms with Gasteiger partial charge in [-0.3, -0.25) is 19.6 Å². The molecule has 13 nitrogen and oxygen atoms in total. The van der Waals surface area contributed by atoms with E-state index in [0.717, 1.165) is 30.6 Å². The fourth-order valence-corrected chi connectivity index (χ4v) is 3.44. The van der Waals surface area contributed by atoms with Crippen molar-refractivity contribution in [3.05, 3.63) is 30.2 Å². The molecule has 1 aliphatic carbocycles. The van der Waals surface area contributed by atoms with Gasteiger partial charge in [-0.05, 0) is 12.8 Å². The summed E-state index contributed by atoms with van der Waals surface area (Å²) in [5, 5.41) is 38.8. The van der Waals surface area contributed by atoms with Gasteiger partial charge >= 0.3 is 6.10 Å². The largest absolute Gasteiger partial charge is 0.491 e. The summed E-state index contributed by atoms with van der Waals surface area (Å²) in [6.45, 7) is 0.0122. The first-order valence-electron chi connectivity index (χ1n) is 10.7. The highest BCUT2D eigenvalue weighted by atomic mass is 19.3. The number of carbonyl (C=O) groups is 2. The van der Waals surface area contributed by atoms with Crippen LogP contribution in [0.4, 0.5) is 26.1 Å². The number of ether oxygens (including phenoxy) is 1. The Morgan fingerprint density at radius 2 is 1.92 bits per heavy atom. The van der Waals surface area contributed by atoms with Gasteiger partial charge in [0.25, 0.3) is 11.8 Å². The van der Waals surface area contributed by atoms with Crippen LogP contribution in [0.15, 0.2) is 24.7 Å². The number of methoxy groups -OCH3 is 1. The number of aromatic nitrogens is 4. The molecule has 1 aliphatic rings. The molecule has 192 valence electrons. The summed E-state index contributed by atoms with van der Waals surface area (Å²) in [6, 6.07) is 1.28. The minimum absolute atomic E-state index is 0.00542. The highest BCUT2D eigenvalue weighted by molar-refractivity contribution is 6.02. The van der Waals surface area contributed by atoms with Crippen LogP contribution in [0.2, 0.25) is 0 Å². The molecular weight excluding hydrogens is 484 g/mol. The lowest BCUT2D eigenvalue weighted by Gasteiger charge is -2.19. The summed E-state index contributed by atoms with van der Waals surface area (Å²) in [6.07, 6.45) is 1.71. The third kappa shape index (κ3) is 5.81. The molecule has 36 heavy (non-hydrogen) atoms. The Hall–Kier alpha value is -3.95. The smallest absolute Gasteiger partial charge is 0.369 e. The van der Waals surface area contributed by atoms with Gasteiger partial charge in [0.2, 0.25) is 5.91 Å². The van der Waals surface area contributed by atoms with Crippen LogP contribution in [0.25, 0.3) is 10.9 Å². The van der Waals surface area contributed by atoms with E-state index in [1.807, 2.05) is 0 Å². The molecule has 0 saturated heterocycles. The number of amides is 2. The van der Waals surface area contributed by atoms with Crippen LogP contribution < -0.4 is 20.7 Å². The number of anilines is 3. The Kier molecular flexibility index (Phi) is 6.46. The average molecular weight is 507 g/mol. The van der Waals surface area contributed by atoms with Crippen molar-refractivity contribution >= 4 is 40.0 Å². The van der Waals surface area contributed by atoms with Gasteiger partial charge in [-0.15, -0.1) is 0 Å². The monoisotopic (exact) mass is 507 g/mol. The van der Waals surface area contributed by atoms with Crippen LogP contribution in [-0.4, -0.2) is 66.0 Å². The third-order valence-corrected chi connectivity index (χ3v) is 5.14. The predicted octanol–water partition coefficient (Wildman–Crippen LogP) is 0.900. The van der Waals surface area contributed by atoms with Crippen molar-refractivity contribution in [3.8, 4) is 5.75 Å². The van der Waals surface area contributed by atoms with Crippen molar-refractivity contribution in [1.82, 2.24) is 25.1 Å². The number of carbonyl (C=O) groups excluding carboxylic acids is 2. The van der Waals surface area contributed by atoms with Crippen LogP contribution in [0, 0.1) is 5.92 Å². The summed E-state index contributed by atoms with van der Waals surface area (Å²) < 4.78 is 33.9. The number of nitrogens with one attached hydrogen (secondary N) is 3. The zero-order chi connectivity index (χ0) is 26.3. The predicted molar refractivity (Wildman–Crippen MR) is 120 cm³/mol. The van der Waals surface area contributed by atoms with Crippen LogP contribution >= 0.6 is 0 Å². The van der Waals surface area contributed by atoms with Crippen LogP contribution in [0.1, 0.15) is 30.1 Å². The normalized spacial score (nSPS) is 14.0. The summed E-state index contributed by atoms with van der Waals surface area (Å²) in [4.78, 5) is 32.9. The van der Waals surface area contributed by atoms with Gasteiger partial charge < -0.3 is 30.7 Å². The molecule has 4 rings (SSSR count). The quantitative estimate of drug-likeness (QED) is 0.228. The number of hydrogen-bond donors (Lipinski definition) is 6. The molecule has 0 aliphatic heterocycles. The van der Waals surface area contributed by atoms with Gasteiger partial charge in [0.15, 0.2) is 11.6 Å². The first-order chi connectivity index (χ1) is 16.8. The maximum Gasteiger partial charge on any atom is 0.369 e. The Bertz CT molecular complexity index is 1310. The van der Waals surface area contributed by atoms with Crippen molar-refractivity contribution in [2.45, 2.75) is 38.3 Å². The number of rotatable bonds is 9. The van der Waals surface area contributed by atoms with Gasteiger partial charge in [0.1, 0.15) is 17.9 Å². The van der Waals surface area contributed by atoms with E-state index >= 15 is 0 Å². The molecule has 0 spiro atoms. The van der Waals surface area contributed by atoms with Crippen LogP contribution in [-0.2, 0) is 11.3 Å². The molecule has 0 unspecified atom stereocenters. The van der Waals surface area contributed by atoms with E-state index in [9.17, 15) is 18.4 Å². The number of aliphatic hydroxyl groups is 3. The Labute approximate surface area is 202 Å². The lowest BCUT2D eigenvalue weighted by molar-refractivity contribution is -0.323. The molecule has 3 aromatic rings. The fraction of sp³-hybridized carbons (Fsp3) is 0.381. The second-order valence-electron chi connectivity index (χ2n) is 8.41. The Morgan fingerprint density at radius 3 is 2.53 bits per heavy atom. The maximum absolute atomic E-state index is 13.7. The van der Waals surface area contributed by atoms with E-state index < -0.39 is 24.5 Å². The summed E-state index contributed by atoms with van der Waals surface area (Å²) >= 11 is 0. The van der Waals surface area contributed by atoms with Crippen molar-refractivity contribution in [1.29, 1.82) is 0 Å². The molecule has 2 amide bonds. The summed E-state index contributed by atoms with van der Waals surface area (Å²) in [5.74, 6) is -4.51. The van der Waals surface area contributed by atoms with E-state index in [1.54, 1.807) is 5.32 Å². The number of hydrogen-bond acceptors (Lipinski definition) is 10. The second kappa shape index (κ2) is 9.25. The molecule has 1 fully saturated rings. The van der Waals surface area contributed by atoms with Crippen molar-refractivity contribution < 1.29 is 38.4 Å². The topological polar surface area (TPSA) is 184 Å². The second-order valence-corrected chi connectivity index (χ2v) is 8.41. The molecule has 1 saturated carbocycles. The molecule has 0 aromatic carbocycles. The number of pyridine rings is 2. The first kappa shape index (κ1) is 25.2. The maximum atomic E-state index is 13.7. The first-order valence-corrected chi connectivity index (χ1v) is 10.7. The zero-order valence-corrected chi connectivity index (χ0v) is 19.1. The van der Waals surface area contributed by atoms with Crippen molar-refractivity contribution in [3.63, 3.8) is 0 Å². The Morgan fingerprint density at radius 1 is 1.19 bits per heavy atom. The van der Waals surface area contributed by atoms with Crippen LogP contribution in [0.3, 0.4) is 0 Å². The van der Waals surface area contributed by atoms with Gasteiger partial charge in [-0.25, -0.2) is 18.7 Å². The number of halogens is 2. The Balaban J connectivity index is 1.75.